The zero-order valence-electron chi connectivity index (χ0n) is 9.21. The van der Waals surface area contributed by atoms with E-state index in [-0.39, 0.29) is 0 Å². The molecule has 0 heterocycles. The highest BCUT2D eigenvalue weighted by molar-refractivity contribution is 5.45. The van der Waals surface area contributed by atoms with Crippen LogP contribution in [0.25, 0.3) is 0 Å². The van der Waals surface area contributed by atoms with Crippen molar-refractivity contribution in [1.29, 1.82) is 0 Å². The van der Waals surface area contributed by atoms with Crippen molar-refractivity contribution in [1.82, 2.24) is 0 Å². The van der Waals surface area contributed by atoms with Crippen molar-refractivity contribution in [2.45, 2.75) is 32.8 Å². The van der Waals surface area contributed by atoms with E-state index in [1.54, 1.807) is 0 Å². The number of benzene rings is 1. The van der Waals surface area contributed by atoms with Gasteiger partial charge in [-0.2, -0.15) is 0 Å². The molecule has 0 bridgehead atoms. The van der Waals surface area contributed by atoms with E-state index in [0.29, 0.717) is 6.10 Å². The van der Waals surface area contributed by atoms with Crippen molar-refractivity contribution < 1.29 is 4.74 Å². The normalized spacial score (nSPS) is 10.3. The van der Waals surface area contributed by atoms with Crippen LogP contribution in [0.5, 0.6) is 5.75 Å². The molecule has 0 saturated heterocycles. The van der Waals surface area contributed by atoms with Crippen molar-refractivity contribution in [3.8, 4) is 5.75 Å². The molecule has 2 nitrogen and oxygen atoms in total. The highest BCUT2D eigenvalue weighted by Crippen LogP contribution is 2.18. The Morgan fingerprint density at radius 2 is 1.71 bits per heavy atom. The van der Waals surface area contributed by atoms with Crippen LogP contribution in [0, 0.1) is 0 Å². The van der Waals surface area contributed by atoms with Gasteiger partial charge in [-0.3, -0.25) is 0 Å². The molecule has 14 heavy (non-hydrogen) atoms. The second-order valence-corrected chi connectivity index (χ2v) is 3.33. The molecule has 0 aliphatic rings. The molecule has 1 aromatic rings. The number of rotatable bonds is 5. The van der Waals surface area contributed by atoms with Crippen LogP contribution >= 0.6 is 0 Å². The van der Waals surface area contributed by atoms with Gasteiger partial charge in [-0.1, -0.05) is 13.8 Å². The molecule has 0 atom stereocenters. The van der Waals surface area contributed by atoms with Crippen LogP contribution in [0.4, 0.5) is 5.69 Å². The number of nitrogens with one attached hydrogen (secondary N) is 1. The Labute approximate surface area is 86.3 Å². The van der Waals surface area contributed by atoms with Gasteiger partial charge in [-0.05, 0) is 37.1 Å². The van der Waals surface area contributed by atoms with Crippen molar-refractivity contribution in [2.75, 3.05) is 12.4 Å². The Balaban J connectivity index is 2.58. The summed E-state index contributed by atoms with van der Waals surface area (Å²) < 4.78 is 5.78. The van der Waals surface area contributed by atoms with E-state index < -0.39 is 0 Å². The summed E-state index contributed by atoms with van der Waals surface area (Å²) in [5.74, 6) is 0.956. The second-order valence-electron chi connectivity index (χ2n) is 3.33. The van der Waals surface area contributed by atoms with Crippen LogP contribution in [0.1, 0.15) is 26.7 Å². The standard InChI is InChI=1S/C12H19NO/c1-4-11(5-2)14-12-8-6-10(13-3)7-9-12/h6-9,11,13H,4-5H2,1-3H3. The minimum Gasteiger partial charge on any atom is -0.490 e. The molecular formula is C12H19NO. The molecule has 1 aromatic carbocycles. The Bertz CT molecular complexity index is 252. The minimum absolute atomic E-state index is 0.343. The highest BCUT2D eigenvalue weighted by Gasteiger charge is 2.04. The summed E-state index contributed by atoms with van der Waals surface area (Å²) in [5, 5.41) is 3.08. The third-order valence-corrected chi connectivity index (χ3v) is 2.36. The lowest BCUT2D eigenvalue weighted by Gasteiger charge is -2.15. The summed E-state index contributed by atoms with van der Waals surface area (Å²) in [4.78, 5) is 0. The van der Waals surface area contributed by atoms with Crippen LogP contribution in [0.15, 0.2) is 24.3 Å². The van der Waals surface area contributed by atoms with Gasteiger partial charge in [0.1, 0.15) is 5.75 Å². The molecule has 2 heteroatoms. The van der Waals surface area contributed by atoms with Gasteiger partial charge in [-0.25, -0.2) is 0 Å². The maximum Gasteiger partial charge on any atom is 0.119 e. The molecule has 0 aliphatic carbocycles. The van der Waals surface area contributed by atoms with E-state index in [2.05, 4.69) is 19.2 Å². The molecule has 78 valence electrons. The molecule has 0 unspecified atom stereocenters. The van der Waals surface area contributed by atoms with Crippen LogP contribution in [-0.4, -0.2) is 13.2 Å². The topological polar surface area (TPSA) is 21.3 Å². The fraction of sp³-hybridized carbons (Fsp3) is 0.500. The minimum atomic E-state index is 0.343. The molecule has 0 amide bonds. The van der Waals surface area contributed by atoms with Crippen LogP contribution in [-0.2, 0) is 0 Å². The highest BCUT2D eigenvalue weighted by atomic mass is 16.5. The largest absolute Gasteiger partial charge is 0.490 e. The van der Waals surface area contributed by atoms with Gasteiger partial charge >= 0.3 is 0 Å². The van der Waals surface area contributed by atoms with Crippen LogP contribution in [0.3, 0.4) is 0 Å². The third-order valence-electron chi connectivity index (χ3n) is 2.36. The first-order valence-corrected chi connectivity index (χ1v) is 5.24. The zero-order chi connectivity index (χ0) is 10.4. The van der Waals surface area contributed by atoms with Crippen molar-refractivity contribution in [3.63, 3.8) is 0 Å². The molecule has 1 rings (SSSR count). The van der Waals surface area contributed by atoms with Gasteiger partial charge < -0.3 is 10.1 Å². The molecule has 0 saturated carbocycles. The first kappa shape index (κ1) is 10.9. The predicted octanol–water partition coefficient (Wildman–Crippen LogP) is 3.30. The van der Waals surface area contributed by atoms with Gasteiger partial charge in [0.25, 0.3) is 0 Å². The molecule has 0 radical (unpaired) electrons. The SMILES string of the molecule is CCC(CC)Oc1ccc(NC)cc1. The summed E-state index contributed by atoms with van der Waals surface area (Å²) >= 11 is 0. The maximum absolute atomic E-state index is 5.78. The monoisotopic (exact) mass is 193 g/mol. The first-order valence-electron chi connectivity index (χ1n) is 5.24. The van der Waals surface area contributed by atoms with E-state index in [9.17, 15) is 0 Å². The quantitative estimate of drug-likeness (QED) is 0.774. The summed E-state index contributed by atoms with van der Waals surface area (Å²) in [7, 11) is 1.91. The van der Waals surface area contributed by atoms with Gasteiger partial charge in [0.15, 0.2) is 0 Å². The van der Waals surface area contributed by atoms with Crippen molar-refractivity contribution >= 4 is 5.69 Å². The summed E-state index contributed by atoms with van der Waals surface area (Å²) in [6.45, 7) is 4.30. The van der Waals surface area contributed by atoms with Gasteiger partial charge in [-0.15, -0.1) is 0 Å². The van der Waals surface area contributed by atoms with E-state index in [0.717, 1.165) is 24.3 Å². The Morgan fingerprint density at radius 1 is 1.14 bits per heavy atom. The van der Waals surface area contributed by atoms with Crippen molar-refractivity contribution in [2.24, 2.45) is 0 Å². The van der Waals surface area contributed by atoms with E-state index >= 15 is 0 Å². The van der Waals surface area contributed by atoms with Gasteiger partial charge in [0, 0.05) is 12.7 Å². The van der Waals surface area contributed by atoms with E-state index in [1.165, 1.54) is 0 Å². The molecule has 0 aliphatic heterocycles. The smallest absolute Gasteiger partial charge is 0.119 e. The molecule has 1 N–H and O–H groups in total. The average Bonchev–Trinajstić information content (AvgIpc) is 2.26. The lowest BCUT2D eigenvalue weighted by atomic mass is 10.2. The van der Waals surface area contributed by atoms with Crippen LogP contribution in [0.2, 0.25) is 0 Å². The number of hydrogen-bond donors (Lipinski definition) is 1. The summed E-state index contributed by atoms with van der Waals surface area (Å²) in [6.07, 6.45) is 2.46. The Hall–Kier alpha value is -1.18. The lowest BCUT2D eigenvalue weighted by molar-refractivity contribution is 0.193. The predicted molar refractivity (Wildman–Crippen MR) is 61.0 cm³/mol. The fourth-order valence-corrected chi connectivity index (χ4v) is 1.35. The van der Waals surface area contributed by atoms with E-state index in [4.69, 9.17) is 4.74 Å². The number of anilines is 1. The molecule has 0 fully saturated rings. The van der Waals surface area contributed by atoms with Gasteiger partial charge in [0.05, 0.1) is 6.10 Å². The average molecular weight is 193 g/mol. The summed E-state index contributed by atoms with van der Waals surface area (Å²) in [5.41, 5.74) is 1.11. The Morgan fingerprint density at radius 3 is 2.14 bits per heavy atom. The van der Waals surface area contributed by atoms with E-state index in [1.807, 2.05) is 31.3 Å². The lowest BCUT2D eigenvalue weighted by Crippen LogP contribution is -2.13. The summed E-state index contributed by atoms with van der Waals surface area (Å²) in [6, 6.07) is 8.06. The number of ether oxygens (including phenoxy) is 1. The first-order chi connectivity index (χ1) is 6.80. The molecule has 0 aromatic heterocycles. The zero-order valence-corrected chi connectivity index (χ0v) is 9.21. The Kier molecular flexibility index (Phi) is 4.30. The number of hydrogen-bond acceptors (Lipinski definition) is 2. The fourth-order valence-electron chi connectivity index (χ4n) is 1.35. The second kappa shape index (κ2) is 5.53. The molecule has 0 spiro atoms. The molecular weight excluding hydrogens is 174 g/mol. The van der Waals surface area contributed by atoms with Gasteiger partial charge in [0.2, 0.25) is 0 Å². The maximum atomic E-state index is 5.78. The van der Waals surface area contributed by atoms with Crippen LogP contribution < -0.4 is 10.1 Å². The van der Waals surface area contributed by atoms with Crippen molar-refractivity contribution in [3.05, 3.63) is 24.3 Å². The third kappa shape index (κ3) is 2.95.